The molecule has 0 atom stereocenters. The Balaban J connectivity index is 2.90. The maximum Gasteiger partial charge on any atom is 0.707 e. The van der Waals surface area contributed by atoms with Crippen LogP contribution in [0.5, 0.6) is 11.5 Å². The molecule has 0 radical (unpaired) electrons. The van der Waals surface area contributed by atoms with Crippen molar-refractivity contribution in [1.82, 2.24) is 0 Å². The van der Waals surface area contributed by atoms with E-state index in [0.717, 1.165) is 0 Å². The first-order chi connectivity index (χ1) is 5.59. The van der Waals surface area contributed by atoms with Crippen LogP contribution in [0.2, 0.25) is 0 Å². The molecule has 0 aliphatic rings. The Kier molecular flexibility index (Phi) is 2.96. The normalized spacial score (nSPS) is 9.58. The van der Waals surface area contributed by atoms with Gasteiger partial charge in [-0.2, -0.15) is 0 Å². The Morgan fingerprint density at radius 3 is 2.58 bits per heavy atom. The van der Waals surface area contributed by atoms with E-state index >= 15 is 0 Å². The first-order valence-electron chi connectivity index (χ1n) is 3.11. The van der Waals surface area contributed by atoms with Gasteiger partial charge in [0, 0.05) is 4.47 Å². The Labute approximate surface area is 77.7 Å². The molecular weight excluding hydrogens is 227 g/mol. The fourth-order valence-electron chi connectivity index (χ4n) is 0.696. The molecule has 0 aromatic heterocycles. The summed E-state index contributed by atoms with van der Waals surface area (Å²) in [7, 11) is -1.93. The van der Waals surface area contributed by atoms with Gasteiger partial charge < -0.3 is 19.8 Å². The highest BCUT2D eigenvalue weighted by molar-refractivity contribution is 9.10. The van der Waals surface area contributed by atoms with Gasteiger partial charge in [-0.3, -0.25) is 0 Å². The monoisotopic (exact) mass is 232 g/mol. The third-order valence-corrected chi connectivity index (χ3v) is 1.65. The van der Waals surface area contributed by atoms with Crippen LogP contribution in [0.15, 0.2) is 22.7 Å². The zero-order valence-electron chi connectivity index (χ0n) is 5.94. The van der Waals surface area contributed by atoms with Crippen molar-refractivity contribution in [3.8, 4) is 11.5 Å². The number of rotatable bonds is 2. The van der Waals surface area contributed by atoms with Crippen molar-refractivity contribution in [2.75, 3.05) is 0 Å². The van der Waals surface area contributed by atoms with E-state index in [1.54, 1.807) is 6.07 Å². The number of halogens is 1. The average molecular weight is 233 g/mol. The molecule has 0 bridgehead atoms. The summed E-state index contributed by atoms with van der Waals surface area (Å²) in [5.74, 6) is -0.134. The summed E-state index contributed by atoms with van der Waals surface area (Å²) >= 11 is 3.13. The van der Waals surface area contributed by atoms with Gasteiger partial charge in [0.25, 0.3) is 0 Å². The topological polar surface area (TPSA) is 69.9 Å². The van der Waals surface area contributed by atoms with Gasteiger partial charge in [-0.15, -0.1) is 0 Å². The molecule has 64 valence electrons. The SMILES string of the molecule is OB(O)Oc1cc(Br)ccc1O. The minimum absolute atomic E-state index is 0.0133. The van der Waals surface area contributed by atoms with Gasteiger partial charge in [-0.1, -0.05) is 15.9 Å². The lowest BCUT2D eigenvalue weighted by Gasteiger charge is -2.06. The van der Waals surface area contributed by atoms with E-state index in [-0.39, 0.29) is 11.5 Å². The number of hydrogen-bond donors (Lipinski definition) is 3. The second kappa shape index (κ2) is 3.80. The number of hydrogen-bond acceptors (Lipinski definition) is 4. The van der Waals surface area contributed by atoms with E-state index in [0.29, 0.717) is 4.47 Å². The molecule has 0 fully saturated rings. The largest absolute Gasteiger partial charge is 0.707 e. The highest BCUT2D eigenvalue weighted by atomic mass is 79.9. The summed E-state index contributed by atoms with van der Waals surface area (Å²) in [5.41, 5.74) is 0. The van der Waals surface area contributed by atoms with Crippen molar-refractivity contribution in [1.29, 1.82) is 0 Å². The predicted molar refractivity (Wildman–Crippen MR) is 46.6 cm³/mol. The summed E-state index contributed by atoms with van der Waals surface area (Å²) in [6.45, 7) is 0. The Morgan fingerprint density at radius 2 is 2.00 bits per heavy atom. The Bertz CT molecular complexity index is 278. The van der Waals surface area contributed by atoms with Crippen molar-refractivity contribution in [2.24, 2.45) is 0 Å². The maximum atomic E-state index is 9.12. The summed E-state index contributed by atoms with van der Waals surface area (Å²) in [6.07, 6.45) is 0. The van der Waals surface area contributed by atoms with Crippen molar-refractivity contribution in [2.45, 2.75) is 0 Å². The molecule has 0 heterocycles. The molecule has 3 N–H and O–H groups in total. The third kappa shape index (κ3) is 2.40. The van der Waals surface area contributed by atoms with Crippen LogP contribution in [0.1, 0.15) is 0 Å². The minimum atomic E-state index is -1.93. The van der Waals surface area contributed by atoms with Gasteiger partial charge in [-0.05, 0) is 18.2 Å². The highest BCUT2D eigenvalue weighted by Crippen LogP contribution is 2.28. The van der Waals surface area contributed by atoms with E-state index in [9.17, 15) is 0 Å². The highest BCUT2D eigenvalue weighted by Gasteiger charge is 2.13. The van der Waals surface area contributed by atoms with Crippen LogP contribution in [0.25, 0.3) is 0 Å². The number of benzene rings is 1. The van der Waals surface area contributed by atoms with Gasteiger partial charge in [0.05, 0.1) is 0 Å². The molecule has 0 saturated carbocycles. The molecule has 4 nitrogen and oxygen atoms in total. The molecule has 0 amide bonds. The van der Waals surface area contributed by atoms with E-state index in [4.69, 9.17) is 15.2 Å². The van der Waals surface area contributed by atoms with E-state index in [2.05, 4.69) is 20.6 Å². The van der Waals surface area contributed by atoms with Crippen LogP contribution in [0.4, 0.5) is 0 Å². The van der Waals surface area contributed by atoms with Crippen LogP contribution in [0, 0.1) is 0 Å². The summed E-state index contributed by atoms with van der Waals surface area (Å²) < 4.78 is 5.13. The lowest BCUT2D eigenvalue weighted by molar-refractivity contribution is 0.281. The molecule has 0 saturated heterocycles. The molecule has 0 unspecified atom stereocenters. The maximum absolute atomic E-state index is 9.12. The van der Waals surface area contributed by atoms with Gasteiger partial charge in [0.1, 0.15) is 5.75 Å². The smallest absolute Gasteiger partial charge is 0.509 e. The Morgan fingerprint density at radius 1 is 1.33 bits per heavy atom. The van der Waals surface area contributed by atoms with Crippen LogP contribution in [-0.2, 0) is 0 Å². The number of aromatic hydroxyl groups is 1. The third-order valence-electron chi connectivity index (χ3n) is 1.15. The van der Waals surface area contributed by atoms with Gasteiger partial charge in [0.15, 0.2) is 5.75 Å². The summed E-state index contributed by atoms with van der Waals surface area (Å²) in [6, 6.07) is 4.41. The number of phenolic OH excluding ortho intramolecular Hbond substituents is 1. The van der Waals surface area contributed by atoms with Crippen molar-refractivity contribution >= 4 is 23.3 Å². The average Bonchev–Trinajstić information content (AvgIpc) is 1.96. The summed E-state index contributed by atoms with van der Waals surface area (Å²) in [5, 5.41) is 26.0. The summed E-state index contributed by atoms with van der Waals surface area (Å²) in [4.78, 5) is 0. The molecule has 12 heavy (non-hydrogen) atoms. The molecular formula is C6H6BBrO4. The molecule has 6 heteroatoms. The van der Waals surface area contributed by atoms with Crippen molar-refractivity contribution in [3.05, 3.63) is 22.7 Å². The molecule has 0 aliphatic carbocycles. The van der Waals surface area contributed by atoms with Crippen LogP contribution in [0.3, 0.4) is 0 Å². The fraction of sp³-hybridized carbons (Fsp3) is 0. The van der Waals surface area contributed by atoms with Gasteiger partial charge in [-0.25, -0.2) is 0 Å². The van der Waals surface area contributed by atoms with Crippen LogP contribution >= 0.6 is 15.9 Å². The molecule has 1 aromatic carbocycles. The molecule has 1 rings (SSSR count). The zero-order chi connectivity index (χ0) is 9.14. The molecule has 0 spiro atoms. The van der Waals surface area contributed by atoms with E-state index in [1.807, 2.05) is 0 Å². The molecule has 1 aromatic rings. The number of phenols is 1. The van der Waals surface area contributed by atoms with E-state index in [1.165, 1.54) is 12.1 Å². The first-order valence-corrected chi connectivity index (χ1v) is 3.90. The van der Waals surface area contributed by atoms with Gasteiger partial charge in [0.2, 0.25) is 0 Å². The molecule has 0 aliphatic heterocycles. The zero-order valence-corrected chi connectivity index (χ0v) is 7.52. The standard InChI is InChI=1S/C6H6BBrO4/c8-4-1-2-5(9)6(3-4)12-7(10)11/h1-3,9-11H. The fourth-order valence-corrected chi connectivity index (χ4v) is 1.04. The van der Waals surface area contributed by atoms with Crippen molar-refractivity contribution < 1.29 is 19.8 Å². The lowest BCUT2D eigenvalue weighted by Crippen LogP contribution is -2.20. The predicted octanol–water partition coefficient (Wildman–Crippen LogP) is 0.503. The second-order valence-electron chi connectivity index (χ2n) is 2.06. The van der Waals surface area contributed by atoms with Gasteiger partial charge >= 0.3 is 7.32 Å². The quantitative estimate of drug-likeness (QED) is 0.650. The van der Waals surface area contributed by atoms with Crippen LogP contribution in [-0.4, -0.2) is 22.5 Å². The van der Waals surface area contributed by atoms with Crippen molar-refractivity contribution in [3.63, 3.8) is 0 Å². The second-order valence-corrected chi connectivity index (χ2v) is 2.97. The Hall–Kier alpha value is -0.715. The van der Waals surface area contributed by atoms with Crippen LogP contribution < -0.4 is 4.65 Å². The first kappa shape index (κ1) is 9.37. The minimum Gasteiger partial charge on any atom is -0.509 e. The van der Waals surface area contributed by atoms with E-state index < -0.39 is 7.32 Å². The lowest BCUT2D eigenvalue weighted by atomic mass is 10.2.